The van der Waals surface area contributed by atoms with Crippen LogP contribution < -0.4 is 9.64 Å². The minimum atomic E-state index is -0.839. The normalized spacial score (nSPS) is 13.9. The van der Waals surface area contributed by atoms with Crippen molar-refractivity contribution >= 4 is 24.0 Å². The van der Waals surface area contributed by atoms with Crippen LogP contribution in [-0.2, 0) is 19.1 Å². The minimum absolute atomic E-state index is 0.133. The van der Waals surface area contributed by atoms with Gasteiger partial charge in [-0.15, -0.1) is 0 Å². The second kappa shape index (κ2) is 11.6. The van der Waals surface area contributed by atoms with Crippen molar-refractivity contribution in [3.05, 3.63) is 29.5 Å². The monoisotopic (exact) mass is 414 g/mol. The summed E-state index contributed by atoms with van der Waals surface area (Å²) in [4.78, 5) is 34.4. The van der Waals surface area contributed by atoms with E-state index in [9.17, 15) is 14.9 Å². The number of aryl methyl sites for hydroxylation is 1. The van der Waals surface area contributed by atoms with Gasteiger partial charge in [-0.3, -0.25) is 0 Å². The number of nitrogens with zero attached hydrogens (tertiary/aromatic N) is 4. The molecular formula is C21H26N4O5. The lowest BCUT2D eigenvalue weighted by Gasteiger charge is -2.27. The number of hydrogen-bond donors (Lipinski definition) is 0. The zero-order valence-corrected chi connectivity index (χ0v) is 17.3. The quantitative estimate of drug-likeness (QED) is 0.260. The van der Waals surface area contributed by atoms with Crippen LogP contribution >= 0.6 is 0 Å². The molecule has 0 aliphatic carbocycles. The van der Waals surface area contributed by atoms with E-state index in [4.69, 9.17) is 14.2 Å². The molecule has 1 fully saturated rings. The molecule has 1 aromatic rings. The first-order valence-electron chi connectivity index (χ1n) is 9.84. The van der Waals surface area contributed by atoms with E-state index in [0.717, 1.165) is 32.0 Å². The van der Waals surface area contributed by atoms with Crippen molar-refractivity contribution in [2.75, 3.05) is 37.8 Å². The molecule has 30 heavy (non-hydrogen) atoms. The molecule has 9 heteroatoms. The maximum absolute atomic E-state index is 12.2. The van der Waals surface area contributed by atoms with Crippen molar-refractivity contribution in [1.82, 2.24) is 9.97 Å². The molecule has 0 saturated carbocycles. The highest BCUT2D eigenvalue weighted by molar-refractivity contribution is 5.98. The van der Waals surface area contributed by atoms with Crippen LogP contribution in [0.2, 0.25) is 0 Å². The fourth-order valence-electron chi connectivity index (χ4n) is 2.88. The van der Waals surface area contributed by atoms with Crippen molar-refractivity contribution < 1.29 is 23.8 Å². The number of hydrogen-bond acceptors (Lipinski definition) is 9. The molecule has 9 nitrogen and oxygen atoms in total. The molecule has 0 atom stereocenters. The highest BCUT2D eigenvalue weighted by Gasteiger charge is 2.20. The van der Waals surface area contributed by atoms with Gasteiger partial charge in [-0.1, -0.05) is 6.58 Å². The van der Waals surface area contributed by atoms with Gasteiger partial charge in [0.1, 0.15) is 24.9 Å². The molecule has 1 aromatic heterocycles. The van der Waals surface area contributed by atoms with Crippen LogP contribution in [0.4, 0.5) is 5.95 Å². The van der Waals surface area contributed by atoms with Gasteiger partial charge in [-0.2, -0.15) is 10.2 Å². The third-order valence-electron chi connectivity index (χ3n) is 4.37. The van der Waals surface area contributed by atoms with Gasteiger partial charge in [0.2, 0.25) is 11.8 Å². The fraction of sp³-hybridized carbons (Fsp3) is 0.476. The third kappa shape index (κ3) is 6.30. The number of ether oxygens (including phenoxy) is 3. The highest BCUT2D eigenvalue weighted by Crippen LogP contribution is 2.26. The topological polar surface area (TPSA) is 115 Å². The van der Waals surface area contributed by atoms with Gasteiger partial charge in [-0.25, -0.2) is 14.6 Å². The summed E-state index contributed by atoms with van der Waals surface area (Å²) in [5.74, 6) is -0.567. The summed E-state index contributed by atoms with van der Waals surface area (Å²) in [5.41, 5.74) is 0.808. The summed E-state index contributed by atoms with van der Waals surface area (Å²) < 4.78 is 15.4. The summed E-state index contributed by atoms with van der Waals surface area (Å²) >= 11 is 0. The molecule has 0 radical (unpaired) electrons. The lowest BCUT2D eigenvalue weighted by atomic mass is 10.1. The summed E-state index contributed by atoms with van der Waals surface area (Å²) in [5, 5.41) is 9.40. The SMILES string of the molecule is C=CC(=O)OCCOC(=O)/C(C#N)=C/c1c(C)nc(N2CCCCC2)nc1OCC. The molecule has 0 bridgehead atoms. The van der Waals surface area contributed by atoms with Crippen LogP contribution in [0.5, 0.6) is 5.88 Å². The largest absolute Gasteiger partial charge is 0.477 e. The average molecular weight is 414 g/mol. The van der Waals surface area contributed by atoms with Crippen LogP contribution in [-0.4, -0.2) is 54.8 Å². The van der Waals surface area contributed by atoms with E-state index in [2.05, 4.69) is 21.4 Å². The molecule has 0 spiro atoms. The molecular weight excluding hydrogens is 388 g/mol. The van der Waals surface area contributed by atoms with E-state index in [1.54, 1.807) is 6.92 Å². The smallest absolute Gasteiger partial charge is 0.349 e. The summed E-state index contributed by atoms with van der Waals surface area (Å²) in [7, 11) is 0. The average Bonchev–Trinajstić information content (AvgIpc) is 2.76. The minimum Gasteiger partial charge on any atom is -0.477 e. The van der Waals surface area contributed by atoms with Gasteiger partial charge in [0, 0.05) is 19.2 Å². The van der Waals surface area contributed by atoms with E-state index in [1.165, 1.54) is 12.5 Å². The number of anilines is 1. The Kier molecular flexibility index (Phi) is 8.81. The van der Waals surface area contributed by atoms with Crippen LogP contribution in [0, 0.1) is 18.3 Å². The van der Waals surface area contributed by atoms with Gasteiger partial charge in [0.25, 0.3) is 0 Å². The molecule has 2 heterocycles. The van der Waals surface area contributed by atoms with Crippen LogP contribution in [0.25, 0.3) is 6.08 Å². The molecule has 2 rings (SSSR count). The van der Waals surface area contributed by atoms with Gasteiger partial charge in [0.15, 0.2) is 0 Å². The third-order valence-corrected chi connectivity index (χ3v) is 4.37. The van der Waals surface area contributed by atoms with E-state index in [1.807, 2.05) is 13.0 Å². The Balaban J connectivity index is 2.20. The molecule has 1 aliphatic rings. The lowest BCUT2D eigenvalue weighted by Crippen LogP contribution is -2.31. The maximum atomic E-state index is 12.2. The molecule has 0 unspecified atom stereocenters. The van der Waals surface area contributed by atoms with Crippen LogP contribution in [0.15, 0.2) is 18.2 Å². The van der Waals surface area contributed by atoms with Crippen molar-refractivity contribution in [3.63, 3.8) is 0 Å². The second-order valence-electron chi connectivity index (χ2n) is 6.49. The summed E-state index contributed by atoms with van der Waals surface area (Å²) in [6, 6.07) is 1.83. The lowest BCUT2D eigenvalue weighted by molar-refractivity contribution is -0.146. The standard InChI is InChI=1S/C21H26N4O5/c1-4-18(26)29-11-12-30-20(27)16(14-22)13-17-15(3)23-21(24-19(17)28-5-2)25-9-7-6-8-10-25/h4,13H,1,5-12H2,2-3H3/b16-13+. The Bertz CT molecular complexity index is 854. The van der Waals surface area contributed by atoms with Crippen molar-refractivity contribution in [3.8, 4) is 11.9 Å². The highest BCUT2D eigenvalue weighted by atomic mass is 16.6. The Labute approximate surface area is 176 Å². The number of rotatable bonds is 9. The number of esters is 2. The Hall–Kier alpha value is -3.41. The maximum Gasteiger partial charge on any atom is 0.349 e. The van der Waals surface area contributed by atoms with Gasteiger partial charge in [0.05, 0.1) is 17.9 Å². The first kappa shape index (κ1) is 22.9. The van der Waals surface area contributed by atoms with E-state index in [0.29, 0.717) is 29.7 Å². The van der Waals surface area contributed by atoms with E-state index >= 15 is 0 Å². The van der Waals surface area contributed by atoms with E-state index < -0.39 is 11.9 Å². The molecule has 1 aliphatic heterocycles. The van der Waals surface area contributed by atoms with Gasteiger partial charge < -0.3 is 19.1 Å². The van der Waals surface area contributed by atoms with Crippen molar-refractivity contribution in [2.24, 2.45) is 0 Å². The number of aromatic nitrogens is 2. The Morgan fingerprint density at radius 2 is 1.90 bits per heavy atom. The Morgan fingerprint density at radius 1 is 1.20 bits per heavy atom. The first-order chi connectivity index (χ1) is 14.5. The predicted molar refractivity (Wildman–Crippen MR) is 110 cm³/mol. The van der Waals surface area contributed by atoms with Gasteiger partial charge in [-0.05, 0) is 39.2 Å². The molecule has 0 aromatic carbocycles. The zero-order chi connectivity index (χ0) is 21.9. The van der Waals surface area contributed by atoms with Gasteiger partial charge >= 0.3 is 11.9 Å². The molecule has 160 valence electrons. The molecule has 0 N–H and O–H groups in total. The van der Waals surface area contributed by atoms with E-state index in [-0.39, 0.29) is 18.8 Å². The number of carbonyl (C=O) groups is 2. The first-order valence-corrected chi connectivity index (χ1v) is 9.84. The molecule has 1 saturated heterocycles. The van der Waals surface area contributed by atoms with Crippen molar-refractivity contribution in [2.45, 2.75) is 33.1 Å². The summed E-state index contributed by atoms with van der Waals surface area (Å²) in [6.07, 6.45) is 5.72. The number of nitriles is 1. The van der Waals surface area contributed by atoms with Crippen LogP contribution in [0.3, 0.4) is 0 Å². The molecule has 0 amide bonds. The second-order valence-corrected chi connectivity index (χ2v) is 6.49. The number of carbonyl (C=O) groups excluding carboxylic acids is 2. The summed E-state index contributed by atoms with van der Waals surface area (Å²) in [6.45, 7) is 8.70. The van der Waals surface area contributed by atoms with Crippen molar-refractivity contribution in [1.29, 1.82) is 5.26 Å². The Morgan fingerprint density at radius 3 is 2.53 bits per heavy atom. The van der Waals surface area contributed by atoms with Crippen LogP contribution in [0.1, 0.15) is 37.4 Å². The predicted octanol–water partition coefficient (Wildman–Crippen LogP) is 2.35. The number of piperidine rings is 1. The zero-order valence-electron chi connectivity index (χ0n) is 17.3. The fourth-order valence-corrected chi connectivity index (χ4v) is 2.88.